The molecular weight excluding hydrogens is 344 g/mol. The van der Waals surface area contributed by atoms with Gasteiger partial charge in [-0.15, -0.1) is 5.10 Å². The Balaban J connectivity index is 1.42. The summed E-state index contributed by atoms with van der Waals surface area (Å²) in [5.74, 6) is 1.30. The lowest BCUT2D eigenvalue weighted by molar-refractivity contribution is 0.102. The number of aryl methyl sites for hydroxylation is 1. The van der Waals surface area contributed by atoms with Crippen LogP contribution in [0.1, 0.15) is 33.7 Å². The highest BCUT2D eigenvalue weighted by Crippen LogP contribution is 2.31. The number of aromatic nitrogens is 4. The maximum absolute atomic E-state index is 12.4. The standard InChI is InChI=1S/C19H16N6O2/c20-11-12-1-3-13(4-2-12)19(26)21-15-6-8-17-14(9-15)5-7-16(27-17)10-18-22-24-25-23-18/h1-4,6,8-9,16H,5,7,10H2,(H,21,26)(H,22,23,24,25). The highest BCUT2D eigenvalue weighted by atomic mass is 16.5. The smallest absolute Gasteiger partial charge is 0.255 e. The van der Waals surface area contributed by atoms with E-state index in [-0.39, 0.29) is 12.0 Å². The zero-order valence-corrected chi connectivity index (χ0v) is 14.3. The van der Waals surface area contributed by atoms with Crippen LogP contribution in [0.3, 0.4) is 0 Å². The summed E-state index contributed by atoms with van der Waals surface area (Å²) < 4.78 is 6.02. The van der Waals surface area contributed by atoms with Gasteiger partial charge in [-0.1, -0.05) is 0 Å². The Morgan fingerprint density at radius 2 is 2.15 bits per heavy atom. The van der Waals surface area contributed by atoms with Crippen LogP contribution in [0, 0.1) is 11.3 Å². The van der Waals surface area contributed by atoms with E-state index in [1.165, 1.54) is 0 Å². The van der Waals surface area contributed by atoms with Crippen molar-refractivity contribution in [3.05, 3.63) is 65.0 Å². The molecule has 134 valence electrons. The monoisotopic (exact) mass is 360 g/mol. The Morgan fingerprint density at radius 1 is 1.30 bits per heavy atom. The molecule has 0 fully saturated rings. The van der Waals surface area contributed by atoms with Gasteiger partial charge >= 0.3 is 0 Å². The summed E-state index contributed by atoms with van der Waals surface area (Å²) in [6.07, 6.45) is 2.35. The zero-order chi connectivity index (χ0) is 18.6. The third-order valence-corrected chi connectivity index (χ3v) is 4.43. The number of aromatic amines is 1. The van der Waals surface area contributed by atoms with Gasteiger partial charge in [0, 0.05) is 17.7 Å². The Kier molecular flexibility index (Phi) is 4.49. The Bertz CT molecular complexity index is 992. The molecule has 0 saturated heterocycles. The molecule has 8 heteroatoms. The number of amides is 1. The van der Waals surface area contributed by atoms with E-state index in [1.54, 1.807) is 24.3 Å². The maximum atomic E-state index is 12.4. The second-order valence-corrected chi connectivity index (χ2v) is 6.30. The van der Waals surface area contributed by atoms with Gasteiger partial charge in [0.15, 0.2) is 5.82 Å². The number of nitriles is 1. The number of nitrogens with one attached hydrogen (secondary N) is 2. The fourth-order valence-corrected chi connectivity index (χ4v) is 3.05. The van der Waals surface area contributed by atoms with Crippen LogP contribution in [0.2, 0.25) is 0 Å². The van der Waals surface area contributed by atoms with Crippen molar-refractivity contribution in [3.8, 4) is 11.8 Å². The Morgan fingerprint density at radius 3 is 2.89 bits per heavy atom. The predicted octanol–water partition coefficient (Wildman–Crippen LogP) is 2.26. The van der Waals surface area contributed by atoms with Gasteiger partial charge < -0.3 is 10.1 Å². The van der Waals surface area contributed by atoms with Gasteiger partial charge in [0.05, 0.1) is 11.6 Å². The normalized spacial score (nSPS) is 15.3. The number of rotatable bonds is 4. The molecule has 8 nitrogen and oxygen atoms in total. The highest BCUT2D eigenvalue weighted by molar-refractivity contribution is 6.04. The van der Waals surface area contributed by atoms with Crippen molar-refractivity contribution < 1.29 is 9.53 Å². The van der Waals surface area contributed by atoms with Gasteiger partial charge in [-0.25, -0.2) is 5.10 Å². The van der Waals surface area contributed by atoms with Crippen LogP contribution in [0.25, 0.3) is 0 Å². The summed E-state index contributed by atoms with van der Waals surface area (Å²) in [6.45, 7) is 0. The molecule has 3 aromatic rings. The van der Waals surface area contributed by atoms with Gasteiger partial charge in [-0.3, -0.25) is 4.79 Å². The molecule has 0 spiro atoms. The number of nitrogens with zero attached hydrogens (tertiary/aromatic N) is 4. The minimum Gasteiger partial charge on any atom is -0.490 e. The quantitative estimate of drug-likeness (QED) is 0.737. The van der Waals surface area contributed by atoms with Crippen molar-refractivity contribution in [1.29, 1.82) is 5.26 Å². The number of anilines is 1. The van der Waals surface area contributed by atoms with E-state index in [1.807, 2.05) is 24.3 Å². The number of H-pyrrole nitrogens is 1. The van der Waals surface area contributed by atoms with Crippen LogP contribution in [0.15, 0.2) is 42.5 Å². The largest absolute Gasteiger partial charge is 0.490 e. The molecule has 2 aromatic carbocycles. The number of carbonyl (C=O) groups excluding carboxylic acids is 1. The van der Waals surface area contributed by atoms with E-state index in [4.69, 9.17) is 10.00 Å². The van der Waals surface area contributed by atoms with Gasteiger partial charge in [0.1, 0.15) is 11.9 Å². The number of hydrogen-bond acceptors (Lipinski definition) is 6. The molecule has 1 unspecified atom stereocenters. The van der Waals surface area contributed by atoms with Crippen LogP contribution < -0.4 is 10.1 Å². The molecule has 1 amide bonds. The SMILES string of the molecule is N#Cc1ccc(C(=O)Nc2ccc3c(c2)CCC(Cc2nnn[nH]2)O3)cc1. The van der Waals surface area contributed by atoms with Gasteiger partial charge in [0.2, 0.25) is 0 Å². The molecule has 1 atom stereocenters. The van der Waals surface area contributed by atoms with Crippen LogP contribution in [0.4, 0.5) is 5.69 Å². The first-order chi connectivity index (χ1) is 13.2. The fraction of sp³-hybridized carbons (Fsp3) is 0.211. The van der Waals surface area contributed by atoms with Crippen LogP contribution in [0.5, 0.6) is 5.75 Å². The Labute approximate surface area is 155 Å². The van der Waals surface area contributed by atoms with E-state index in [9.17, 15) is 4.79 Å². The second kappa shape index (κ2) is 7.25. The van der Waals surface area contributed by atoms with Crippen molar-refractivity contribution in [2.45, 2.75) is 25.4 Å². The first-order valence-corrected chi connectivity index (χ1v) is 8.55. The van der Waals surface area contributed by atoms with E-state index in [2.05, 4.69) is 25.9 Å². The number of benzene rings is 2. The number of tetrazole rings is 1. The predicted molar refractivity (Wildman–Crippen MR) is 96.2 cm³/mol. The molecule has 1 aliphatic heterocycles. The fourth-order valence-electron chi connectivity index (χ4n) is 3.05. The van der Waals surface area contributed by atoms with Crippen LogP contribution in [-0.4, -0.2) is 32.6 Å². The summed E-state index contributed by atoms with van der Waals surface area (Å²) in [4.78, 5) is 12.4. The van der Waals surface area contributed by atoms with Crippen molar-refractivity contribution in [2.24, 2.45) is 0 Å². The lowest BCUT2D eigenvalue weighted by Crippen LogP contribution is -2.25. The Hall–Kier alpha value is -3.73. The van der Waals surface area contributed by atoms with E-state index in [0.29, 0.717) is 29.1 Å². The van der Waals surface area contributed by atoms with Crippen molar-refractivity contribution in [1.82, 2.24) is 20.6 Å². The van der Waals surface area contributed by atoms with E-state index < -0.39 is 0 Å². The van der Waals surface area contributed by atoms with Crippen LogP contribution in [-0.2, 0) is 12.8 Å². The molecule has 1 aromatic heterocycles. The van der Waals surface area contributed by atoms with Crippen molar-refractivity contribution in [2.75, 3.05) is 5.32 Å². The average molecular weight is 360 g/mol. The molecule has 0 bridgehead atoms. The highest BCUT2D eigenvalue weighted by Gasteiger charge is 2.22. The lowest BCUT2D eigenvalue weighted by atomic mass is 9.99. The molecule has 2 N–H and O–H groups in total. The number of ether oxygens (including phenoxy) is 1. The summed E-state index contributed by atoms with van der Waals surface area (Å²) in [7, 11) is 0. The summed E-state index contributed by atoms with van der Waals surface area (Å²) in [5.41, 5.74) is 2.79. The summed E-state index contributed by atoms with van der Waals surface area (Å²) >= 11 is 0. The zero-order valence-electron chi connectivity index (χ0n) is 14.3. The molecule has 27 heavy (non-hydrogen) atoms. The molecule has 0 saturated carbocycles. The molecule has 0 aliphatic carbocycles. The molecule has 0 radical (unpaired) electrons. The third kappa shape index (κ3) is 3.77. The molecule has 2 heterocycles. The first-order valence-electron chi connectivity index (χ1n) is 8.55. The van der Waals surface area contributed by atoms with Crippen molar-refractivity contribution in [3.63, 3.8) is 0 Å². The van der Waals surface area contributed by atoms with Gasteiger partial charge in [-0.2, -0.15) is 5.26 Å². The minimum absolute atomic E-state index is 0.0198. The summed E-state index contributed by atoms with van der Waals surface area (Å²) in [5, 5.41) is 25.5. The van der Waals surface area contributed by atoms with Crippen molar-refractivity contribution >= 4 is 11.6 Å². The maximum Gasteiger partial charge on any atom is 0.255 e. The summed E-state index contributed by atoms with van der Waals surface area (Å²) in [6, 6.07) is 14.2. The minimum atomic E-state index is -0.216. The number of fused-ring (bicyclic) bond motifs is 1. The lowest BCUT2D eigenvalue weighted by Gasteiger charge is -2.25. The van der Waals surface area contributed by atoms with Gasteiger partial charge in [-0.05, 0) is 71.3 Å². The van der Waals surface area contributed by atoms with E-state index in [0.717, 1.165) is 24.2 Å². The van der Waals surface area contributed by atoms with Gasteiger partial charge in [0.25, 0.3) is 5.91 Å². The van der Waals surface area contributed by atoms with E-state index >= 15 is 0 Å². The molecular formula is C19H16N6O2. The third-order valence-electron chi connectivity index (χ3n) is 4.43. The average Bonchev–Trinajstić information content (AvgIpc) is 3.21. The topological polar surface area (TPSA) is 117 Å². The number of carbonyl (C=O) groups is 1. The molecule has 4 rings (SSSR count). The van der Waals surface area contributed by atoms with Crippen LogP contribution >= 0.6 is 0 Å². The first kappa shape index (κ1) is 16.7. The number of hydrogen-bond donors (Lipinski definition) is 2. The molecule has 1 aliphatic rings. The second-order valence-electron chi connectivity index (χ2n) is 6.30.